The highest BCUT2D eigenvalue weighted by Gasteiger charge is 2.25. The number of hydrogen-bond acceptors (Lipinski definition) is 4. The van der Waals surface area contributed by atoms with Crippen molar-refractivity contribution >= 4 is 16.9 Å². The van der Waals surface area contributed by atoms with Crippen LogP contribution in [0.5, 0.6) is 0 Å². The van der Waals surface area contributed by atoms with Gasteiger partial charge in [-0.25, -0.2) is 4.79 Å². The van der Waals surface area contributed by atoms with Crippen molar-refractivity contribution in [3.05, 3.63) is 46.3 Å². The highest BCUT2D eigenvalue weighted by molar-refractivity contribution is 5.96. The Balaban J connectivity index is 1.93. The van der Waals surface area contributed by atoms with Crippen LogP contribution in [0.3, 0.4) is 0 Å². The molecule has 1 aliphatic rings. The molecule has 1 saturated heterocycles. The second-order valence-corrected chi connectivity index (χ2v) is 5.38. The summed E-state index contributed by atoms with van der Waals surface area (Å²) in [4.78, 5) is 26.3. The van der Waals surface area contributed by atoms with Gasteiger partial charge in [0.2, 0.25) is 0 Å². The zero-order chi connectivity index (χ0) is 14.8. The van der Waals surface area contributed by atoms with Crippen LogP contribution in [0.1, 0.15) is 23.2 Å². The molecule has 1 amide bonds. The Kier molecular flexibility index (Phi) is 3.75. The number of benzene rings is 1. The molecule has 2 heterocycles. The third-order valence-electron chi connectivity index (χ3n) is 4.05. The van der Waals surface area contributed by atoms with Crippen molar-refractivity contribution in [2.75, 3.05) is 20.1 Å². The van der Waals surface area contributed by atoms with E-state index < -0.39 is 5.63 Å². The molecular weight excluding hydrogens is 268 g/mol. The average Bonchev–Trinajstić information content (AvgIpc) is 2.53. The van der Waals surface area contributed by atoms with Crippen LogP contribution < -0.4 is 10.9 Å². The molecule has 0 saturated carbocycles. The van der Waals surface area contributed by atoms with Gasteiger partial charge in [0.05, 0.1) is 0 Å². The Morgan fingerprint density at radius 3 is 2.76 bits per heavy atom. The van der Waals surface area contributed by atoms with Crippen molar-refractivity contribution in [2.24, 2.45) is 0 Å². The van der Waals surface area contributed by atoms with E-state index in [0.717, 1.165) is 31.3 Å². The molecule has 0 spiro atoms. The van der Waals surface area contributed by atoms with Gasteiger partial charge >= 0.3 is 5.63 Å². The van der Waals surface area contributed by atoms with Gasteiger partial charge in [-0.15, -0.1) is 0 Å². The highest BCUT2D eigenvalue weighted by Crippen LogP contribution is 2.16. The Labute approximate surface area is 122 Å². The number of fused-ring (bicyclic) bond motifs is 1. The van der Waals surface area contributed by atoms with Crippen molar-refractivity contribution < 1.29 is 9.21 Å². The Morgan fingerprint density at radius 1 is 1.29 bits per heavy atom. The van der Waals surface area contributed by atoms with E-state index in [-0.39, 0.29) is 17.5 Å². The highest BCUT2D eigenvalue weighted by atomic mass is 16.4. The quantitative estimate of drug-likeness (QED) is 0.852. The first-order valence-corrected chi connectivity index (χ1v) is 7.17. The Bertz CT molecular complexity index is 717. The van der Waals surface area contributed by atoms with E-state index in [1.54, 1.807) is 30.1 Å². The van der Waals surface area contributed by atoms with Crippen LogP contribution in [0.2, 0.25) is 0 Å². The van der Waals surface area contributed by atoms with Gasteiger partial charge < -0.3 is 14.6 Å². The predicted octanol–water partition coefficient (Wildman–Crippen LogP) is 1.62. The van der Waals surface area contributed by atoms with Crippen molar-refractivity contribution in [2.45, 2.75) is 18.9 Å². The number of carbonyl (C=O) groups is 1. The SMILES string of the molecule is CN(C(=O)c1cc2ccccc2oc1=O)C1CCNCC1. The van der Waals surface area contributed by atoms with Crippen LogP contribution in [0.15, 0.2) is 39.5 Å². The molecule has 5 nitrogen and oxygen atoms in total. The minimum Gasteiger partial charge on any atom is -0.422 e. The van der Waals surface area contributed by atoms with Crippen LogP contribution in [-0.2, 0) is 0 Å². The summed E-state index contributed by atoms with van der Waals surface area (Å²) in [5.74, 6) is -0.263. The first-order valence-electron chi connectivity index (χ1n) is 7.17. The topological polar surface area (TPSA) is 62.6 Å². The number of piperidine rings is 1. The summed E-state index contributed by atoms with van der Waals surface area (Å²) in [6.07, 6.45) is 1.81. The molecule has 1 N–H and O–H groups in total. The molecule has 3 rings (SSSR count). The van der Waals surface area contributed by atoms with Gasteiger partial charge in [-0.3, -0.25) is 4.79 Å². The minimum absolute atomic E-state index is 0.106. The summed E-state index contributed by atoms with van der Waals surface area (Å²) < 4.78 is 5.24. The number of para-hydroxylation sites is 1. The van der Waals surface area contributed by atoms with Crippen LogP contribution in [-0.4, -0.2) is 37.0 Å². The molecule has 0 bridgehead atoms. The van der Waals surface area contributed by atoms with Crippen LogP contribution in [0, 0.1) is 0 Å². The van der Waals surface area contributed by atoms with Crippen LogP contribution in [0.4, 0.5) is 0 Å². The third kappa shape index (κ3) is 2.69. The van der Waals surface area contributed by atoms with Gasteiger partial charge in [0, 0.05) is 18.5 Å². The maximum atomic E-state index is 12.6. The van der Waals surface area contributed by atoms with E-state index in [1.807, 2.05) is 12.1 Å². The van der Waals surface area contributed by atoms with Gasteiger partial charge in [0.25, 0.3) is 5.91 Å². The Hall–Kier alpha value is -2.14. The lowest BCUT2D eigenvalue weighted by Gasteiger charge is -2.31. The first-order chi connectivity index (χ1) is 10.2. The molecule has 1 aromatic heterocycles. The van der Waals surface area contributed by atoms with Crippen molar-refractivity contribution in [3.8, 4) is 0 Å². The number of nitrogens with zero attached hydrogens (tertiary/aromatic N) is 1. The van der Waals surface area contributed by atoms with Gasteiger partial charge in [-0.1, -0.05) is 18.2 Å². The van der Waals surface area contributed by atoms with E-state index >= 15 is 0 Å². The van der Waals surface area contributed by atoms with E-state index in [9.17, 15) is 9.59 Å². The van der Waals surface area contributed by atoms with Crippen molar-refractivity contribution in [3.63, 3.8) is 0 Å². The summed E-state index contributed by atoms with van der Waals surface area (Å²) in [6.45, 7) is 1.79. The second kappa shape index (κ2) is 5.69. The molecule has 110 valence electrons. The number of hydrogen-bond donors (Lipinski definition) is 1. The first kappa shape index (κ1) is 13.8. The lowest BCUT2D eigenvalue weighted by atomic mass is 10.0. The second-order valence-electron chi connectivity index (χ2n) is 5.38. The minimum atomic E-state index is -0.570. The number of nitrogens with one attached hydrogen (secondary N) is 1. The molecule has 1 fully saturated rings. The average molecular weight is 286 g/mol. The molecule has 0 radical (unpaired) electrons. The largest absolute Gasteiger partial charge is 0.422 e. The van der Waals surface area contributed by atoms with E-state index in [1.165, 1.54) is 0 Å². The molecule has 0 unspecified atom stereocenters. The van der Waals surface area contributed by atoms with Gasteiger partial charge in [-0.2, -0.15) is 0 Å². The van der Waals surface area contributed by atoms with Gasteiger partial charge in [0.15, 0.2) is 0 Å². The fourth-order valence-electron chi connectivity index (χ4n) is 2.76. The smallest absolute Gasteiger partial charge is 0.349 e. The zero-order valence-corrected chi connectivity index (χ0v) is 12.0. The predicted molar refractivity (Wildman–Crippen MR) is 80.5 cm³/mol. The molecule has 21 heavy (non-hydrogen) atoms. The lowest BCUT2D eigenvalue weighted by molar-refractivity contribution is 0.0699. The monoisotopic (exact) mass is 286 g/mol. The number of amides is 1. The fraction of sp³-hybridized carbons (Fsp3) is 0.375. The van der Waals surface area contributed by atoms with E-state index in [0.29, 0.717) is 5.58 Å². The summed E-state index contributed by atoms with van der Waals surface area (Å²) in [6, 6.07) is 9.01. The molecule has 0 atom stereocenters. The van der Waals surface area contributed by atoms with E-state index in [4.69, 9.17) is 4.42 Å². The summed E-state index contributed by atoms with van der Waals surface area (Å²) in [5, 5.41) is 4.03. The molecular formula is C16H18N2O3. The van der Waals surface area contributed by atoms with Gasteiger partial charge in [-0.05, 0) is 38.1 Å². The van der Waals surface area contributed by atoms with Crippen LogP contribution in [0.25, 0.3) is 11.0 Å². The molecule has 1 aromatic carbocycles. The zero-order valence-electron chi connectivity index (χ0n) is 12.0. The summed E-state index contributed by atoms with van der Waals surface area (Å²) in [7, 11) is 1.76. The molecule has 1 aliphatic heterocycles. The Morgan fingerprint density at radius 2 is 2.00 bits per heavy atom. The molecule has 5 heteroatoms. The van der Waals surface area contributed by atoms with Gasteiger partial charge in [0.1, 0.15) is 11.1 Å². The molecule has 0 aliphatic carbocycles. The number of carbonyl (C=O) groups excluding carboxylic acids is 1. The summed E-state index contributed by atoms with van der Waals surface area (Å²) >= 11 is 0. The van der Waals surface area contributed by atoms with Crippen LogP contribution >= 0.6 is 0 Å². The normalized spacial score (nSPS) is 16.0. The fourth-order valence-corrected chi connectivity index (χ4v) is 2.76. The lowest BCUT2D eigenvalue weighted by Crippen LogP contribution is -2.44. The van der Waals surface area contributed by atoms with Crippen molar-refractivity contribution in [1.82, 2.24) is 10.2 Å². The standard InChI is InChI=1S/C16H18N2O3/c1-18(12-6-8-17-9-7-12)15(19)13-10-11-4-2-3-5-14(11)21-16(13)20/h2-5,10,12,17H,6-9H2,1H3. The third-order valence-corrected chi connectivity index (χ3v) is 4.05. The van der Waals surface area contributed by atoms with E-state index in [2.05, 4.69) is 5.32 Å². The maximum Gasteiger partial charge on any atom is 0.349 e. The van der Waals surface area contributed by atoms with Crippen molar-refractivity contribution in [1.29, 1.82) is 0 Å². The molecule has 2 aromatic rings. The maximum absolute atomic E-state index is 12.6. The summed E-state index contributed by atoms with van der Waals surface area (Å²) in [5.41, 5.74) is 0.0396. The number of rotatable bonds is 2.